The quantitative estimate of drug-likeness (QED) is 0.147. The van der Waals surface area contributed by atoms with Crippen LogP contribution in [0.2, 0.25) is 0 Å². The summed E-state index contributed by atoms with van der Waals surface area (Å²) in [5.41, 5.74) is 4.52. The van der Waals surface area contributed by atoms with Crippen LogP contribution in [0.1, 0.15) is 135 Å². The lowest BCUT2D eigenvalue weighted by atomic mass is 9.32. The zero-order valence-electron chi connectivity index (χ0n) is 36.9. The highest BCUT2D eigenvalue weighted by Gasteiger charge is 2.69. The number of sulfone groups is 1. The molecule has 4 saturated carbocycles. The van der Waals surface area contributed by atoms with Gasteiger partial charge in [0.2, 0.25) is 0 Å². The summed E-state index contributed by atoms with van der Waals surface area (Å²) in [7, 11) is -2.80. The van der Waals surface area contributed by atoms with Gasteiger partial charge in [-0.05, 0) is 165 Å². The second-order valence-electron chi connectivity index (χ2n) is 19.2. The zero-order valence-corrected chi connectivity index (χ0v) is 37.7. The van der Waals surface area contributed by atoms with Crippen LogP contribution in [0.3, 0.4) is 0 Å². The van der Waals surface area contributed by atoms with E-state index in [-0.39, 0.29) is 10.8 Å². The molecule has 5 aliphatic carbocycles. The third kappa shape index (κ3) is 9.36. The first-order valence-corrected chi connectivity index (χ1v) is 23.6. The van der Waals surface area contributed by atoms with Crippen molar-refractivity contribution in [1.82, 2.24) is 10.2 Å². The number of fused-ring (bicyclic) bond motifs is 7. The maximum Gasteiger partial charge on any atom is 0.335 e. The van der Waals surface area contributed by atoms with Gasteiger partial charge in [-0.15, -0.1) is 45.1 Å². The summed E-state index contributed by atoms with van der Waals surface area (Å²) in [6, 6.07) is 7.63. The van der Waals surface area contributed by atoms with E-state index in [9.17, 15) is 18.3 Å². The highest BCUT2D eigenvalue weighted by Crippen LogP contribution is 2.77. The number of hydrogen-bond acceptors (Lipinski definition) is 5. The molecule has 58 heavy (non-hydrogen) atoms. The Morgan fingerprint density at radius 2 is 1.47 bits per heavy atom. The summed E-state index contributed by atoms with van der Waals surface area (Å²) >= 11 is 0. The predicted octanol–water partition coefficient (Wildman–Crippen LogP) is 10.3. The fourth-order valence-electron chi connectivity index (χ4n) is 13.8. The van der Waals surface area contributed by atoms with Crippen LogP contribution in [0.15, 0.2) is 43.0 Å². The van der Waals surface area contributed by atoms with E-state index in [4.69, 9.17) is 0 Å². The van der Waals surface area contributed by atoms with E-state index in [0.717, 1.165) is 43.7 Å². The van der Waals surface area contributed by atoms with E-state index in [1.165, 1.54) is 81.9 Å². The Bertz CT molecular complexity index is 1710. The van der Waals surface area contributed by atoms with E-state index < -0.39 is 15.8 Å². The number of carboxylic acid groups (broad SMARTS) is 1. The number of terminal acetylenes is 3. The average molecular weight is 813 g/mol. The second kappa shape index (κ2) is 20.3. The van der Waals surface area contributed by atoms with Gasteiger partial charge < -0.3 is 15.3 Å². The number of nitrogens with one attached hydrogen (secondary N) is 1. The zero-order chi connectivity index (χ0) is 43.6. The van der Waals surface area contributed by atoms with Gasteiger partial charge in [-0.1, -0.05) is 65.3 Å². The van der Waals surface area contributed by atoms with Gasteiger partial charge >= 0.3 is 5.97 Å². The van der Waals surface area contributed by atoms with Gasteiger partial charge in [0, 0.05) is 19.6 Å². The number of rotatable bonds is 9. The highest BCUT2D eigenvalue weighted by molar-refractivity contribution is 7.91. The number of benzene rings is 1. The number of nitrogens with zero attached hydrogens (tertiary/aromatic N) is 1. The highest BCUT2D eigenvalue weighted by atomic mass is 32.2. The normalized spacial score (nSPS) is 35.1. The van der Waals surface area contributed by atoms with Gasteiger partial charge in [0.25, 0.3) is 0 Å². The molecule has 8 atom stereocenters. The van der Waals surface area contributed by atoms with E-state index >= 15 is 0 Å². The minimum absolute atomic E-state index is 0.0457. The van der Waals surface area contributed by atoms with Gasteiger partial charge in [-0.25, -0.2) is 13.2 Å². The number of carbonyl (C=O) groups is 1. The Balaban J connectivity index is 0.000000930. The van der Waals surface area contributed by atoms with Crippen molar-refractivity contribution in [2.45, 2.75) is 119 Å². The molecule has 6 nitrogen and oxygen atoms in total. The Hall–Kier alpha value is -3.28. The van der Waals surface area contributed by atoms with Crippen molar-refractivity contribution in [3.05, 3.63) is 54.1 Å². The number of hydrogen-bond donors (Lipinski definition) is 2. The molecule has 0 amide bonds. The van der Waals surface area contributed by atoms with Crippen LogP contribution in [-0.4, -0.2) is 68.6 Å². The van der Waals surface area contributed by atoms with Crippen LogP contribution in [0.5, 0.6) is 0 Å². The number of unbranched alkanes of at least 4 members (excludes halogenated alkanes) is 1. The largest absolute Gasteiger partial charge is 0.478 e. The van der Waals surface area contributed by atoms with Gasteiger partial charge in [-0.3, -0.25) is 0 Å². The van der Waals surface area contributed by atoms with Crippen molar-refractivity contribution in [3.8, 4) is 38.5 Å². The van der Waals surface area contributed by atoms with E-state index in [0.29, 0.717) is 52.3 Å². The second-order valence-corrected chi connectivity index (χ2v) is 21.5. The number of aromatic carboxylic acids is 1. The van der Waals surface area contributed by atoms with E-state index in [1.807, 2.05) is 19.1 Å². The first kappa shape index (κ1) is 49.1. The first-order valence-electron chi connectivity index (χ1n) is 21.8. The summed E-state index contributed by atoms with van der Waals surface area (Å²) in [6.07, 6.45) is 44.1. The molecule has 1 saturated heterocycles. The predicted molar refractivity (Wildman–Crippen MR) is 245 cm³/mol. The van der Waals surface area contributed by atoms with Crippen molar-refractivity contribution in [2.24, 2.45) is 50.7 Å². The summed E-state index contributed by atoms with van der Waals surface area (Å²) in [5.74, 6) is 2.84. The van der Waals surface area contributed by atoms with Gasteiger partial charge in [0.05, 0.1) is 17.1 Å². The molecule has 0 aromatic heterocycles. The molecule has 1 aliphatic heterocycles. The van der Waals surface area contributed by atoms with Crippen LogP contribution >= 0.6 is 0 Å². The van der Waals surface area contributed by atoms with Crippen molar-refractivity contribution < 1.29 is 18.3 Å². The number of allylic oxidation sites excluding steroid dienone is 3. The van der Waals surface area contributed by atoms with Crippen molar-refractivity contribution in [1.29, 1.82) is 0 Å². The fourth-order valence-corrected chi connectivity index (χ4v) is 15.1. The van der Waals surface area contributed by atoms with Crippen LogP contribution in [0.25, 0.3) is 5.57 Å². The smallest absolute Gasteiger partial charge is 0.335 e. The lowest BCUT2D eigenvalue weighted by molar-refractivity contribution is -0.222. The molecule has 2 N–H and O–H groups in total. The Morgan fingerprint density at radius 1 is 0.845 bits per heavy atom. The molecular formula is C51H76N2O4S. The first-order chi connectivity index (χ1) is 27.6. The third-order valence-corrected chi connectivity index (χ3v) is 18.2. The van der Waals surface area contributed by atoms with Crippen molar-refractivity contribution in [3.63, 3.8) is 0 Å². The topological polar surface area (TPSA) is 86.7 Å². The van der Waals surface area contributed by atoms with Crippen LogP contribution in [-0.2, 0) is 9.84 Å². The van der Waals surface area contributed by atoms with E-state index in [2.05, 4.69) is 96.0 Å². The molecule has 7 heteroatoms. The summed E-state index contributed by atoms with van der Waals surface area (Å²) < 4.78 is 23.5. The molecule has 1 aromatic rings. The van der Waals surface area contributed by atoms with Gasteiger partial charge in [0.15, 0.2) is 9.84 Å². The minimum Gasteiger partial charge on any atom is -0.478 e. The summed E-state index contributed by atoms with van der Waals surface area (Å²) in [4.78, 5) is 13.9. The maximum atomic E-state index is 11.8. The van der Waals surface area contributed by atoms with Crippen molar-refractivity contribution >= 4 is 21.4 Å². The van der Waals surface area contributed by atoms with Crippen LogP contribution < -0.4 is 5.32 Å². The van der Waals surface area contributed by atoms with E-state index in [1.54, 1.807) is 18.2 Å². The van der Waals surface area contributed by atoms with Crippen molar-refractivity contribution in [2.75, 3.05) is 44.2 Å². The Labute approximate surface area is 354 Å². The molecule has 3 unspecified atom stereocenters. The Kier molecular flexibility index (Phi) is 17.2. The Morgan fingerprint density at radius 3 is 2.07 bits per heavy atom. The third-order valence-electron chi connectivity index (χ3n) is 16.6. The monoisotopic (exact) mass is 813 g/mol. The average Bonchev–Trinajstić information content (AvgIpc) is 3.64. The molecule has 1 heterocycles. The molecule has 0 radical (unpaired) electrons. The summed E-state index contributed by atoms with van der Waals surface area (Å²) in [6.45, 7) is 23.0. The van der Waals surface area contributed by atoms with Gasteiger partial charge in [0.1, 0.15) is 0 Å². The fraction of sp³-hybridized carbons (Fsp3) is 0.667. The molecule has 0 bridgehead atoms. The molecular weight excluding hydrogens is 737 g/mol. The van der Waals surface area contributed by atoms with Gasteiger partial charge in [-0.2, -0.15) is 0 Å². The molecule has 0 spiro atoms. The minimum atomic E-state index is -2.80. The molecule has 320 valence electrons. The lowest BCUT2D eigenvalue weighted by Crippen LogP contribution is -2.65. The molecule has 7 rings (SSSR count). The number of carboxylic acids is 1. The standard InChI is InChI=1S/C42H64N2O4S.C3H6.3C2H2/c1-38(2)32(30-10-12-31(13-11-30)37(45)46)16-19-39(3)35(38)17-20-41(5)36(39)15-14-33-34-9-8-18-42(34,22-21-40(33,41)4)29-43-23-6-7-24-44-25-27-49(47,48)28-26-44;1-3-2;3*1-2/h10-13,16,33-36,43H,6-9,14-15,17-29H2,1-5H3,(H,45,46);3H,1H2,2H3;3*1-2H/t33-,34?,35?,36?,39+,40-,41-,42-;;;;/m1..../s1. The molecule has 5 fully saturated rings. The molecule has 1 aromatic carbocycles. The molecule has 6 aliphatic rings. The van der Waals surface area contributed by atoms with Crippen LogP contribution in [0, 0.1) is 89.3 Å². The maximum absolute atomic E-state index is 11.8. The summed E-state index contributed by atoms with van der Waals surface area (Å²) in [5, 5.41) is 13.4. The van der Waals surface area contributed by atoms with Crippen LogP contribution in [0.4, 0.5) is 0 Å². The SMILES string of the molecule is C#C.C#C.C#C.C=CC.CC1(C)C(c2ccc(C(=O)O)cc2)=CC[C@@]2(C)C1CC[C@]1(C)C2CC[C@@H]2C3CCC[C@]3(CNCCCCN3CCS(=O)(=O)CC3)CC[C@]21C. The lowest BCUT2D eigenvalue weighted by Gasteiger charge is -2.72.